The van der Waals surface area contributed by atoms with Gasteiger partial charge in [0.15, 0.2) is 0 Å². The Morgan fingerprint density at radius 3 is 2.71 bits per heavy atom. The molecule has 0 spiro atoms. The number of halogens is 1. The normalized spacial score (nSPS) is 21.9. The van der Waals surface area contributed by atoms with Crippen molar-refractivity contribution in [2.45, 2.75) is 18.6 Å². The number of nitrogens with zero attached hydrogens (tertiary/aromatic N) is 1. The second-order valence-electron chi connectivity index (χ2n) is 4.94. The van der Waals surface area contributed by atoms with E-state index in [1.165, 1.54) is 16.2 Å². The fourth-order valence-electron chi connectivity index (χ4n) is 2.55. The summed E-state index contributed by atoms with van der Waals surface area (Å²) in [6.07, 6.45) is -0.771. The van der Waals surface area contributed by atoms with Crippen LogP contribution in [0.15, 0.2) is 24.3 Å². The van der Waals surface area contributed by atoms with E-state index in [1.807, 2.05) is 24.3 Å². The third-order valence-corrected chi connectivity index (χ3v) is 5.22. The number of thiophene rings is 1. The van der Waals surface area contributed by atoms with Crippen LogP contribution in [0.5, 0.6) is 0 Å². The maximum absolute atomic E-state index is 12.6. The summed E-state index contributed by atoms with van der Waals surface area (Å²) in [6, 6.07) is 6.35. The van der Waals surface area contributed by atoms with Gasteiger partial charge in [0, 0.05) is 23.1 Å². The van der Waals surface area contributed by atoms with Crippen LogP contribution in [0.1, 0.15) is 16.1 Å². The predicted octanol–water partition coefficient (Wildman–Crippen LogP) is 2.21. The second kappa shape index (κ2) is 5.29. The number of aliphatic hydroxyl groups is 1. The molecule has 1 aliphatic heterocycles. The van der Waals surface area contributed by atoms with Gasteiger partial charge in [-0.1, -0.05) is 29.8 Å². The number of β-amino-alcohol motifs (C(OH)–C–C–N with tert-alkyl or cyclic N) is 1. The molecule has 0 radical (unpaired) electrons. The summed E-state index contributed by atoms with van der Waals surface area (Å²) in [5, 5.41) is 19.9. The molecule has 3 rings (SSSR count). The molecule has 1 fully saturated rings. The number of fused-ring (bicyclic) bond motifs is 1. The van der Waals surface area contributed by atoms with Crippen molar-refractivity contribution in [2.24, 2.45) is 0 Å². The number of carbonyl (C=O) groups excluding carboxylic acids is 1. The molecule has 5 nitrogen and oxygen atoms in total. The van der Waals surface area contributed by atoms with Crippen LogP contribution in [0.4, 0.5) is 0 Å². The lowest BCUT2D eigenvalue weighted by molar-refractivity contribution is -0.141. The number of aliphatic carboxylic acids is 1. The van der Waals surface area contributed by atoms with E-state index in [-0.39, 0.29) is 13.0 Å². The fourth-order valence-corrected chi connectivity index (χ4v) is 4.02. The number of benzene rings is 1. The Balaban J connectivity index is 2.00. The molecule has 7 heteroatoms. The van der Waals surface area contributed by atoms with E-state index in [9.17, 15) is 19.8 Å². The molecule has 1 saturated heterocycles. The molecule has 1 aromatic carbocycles. The standard InChI is InChI=1S/C14H12ClNO4S/c15-11-8-3-1-2-4-10(8)21-12(11)13(18)16-6-7(17)5-9(16)14(19)20/h1-4,7,9,17H,5-6H2,(H,19,20)/t7?,9-/m0/s1. The number of hydrogen-bond donors (Lipinski definition) is 2. The molecular weight excluding hydrogens is 314 g/mol. The zero-order chi connectivity index (χ0) is 15.1. The van der Waals surface area contributed by atoms with Crippen LogP contribution < -0.4 is 0 Å². The van der Waals surface area contributed by atoms with Crippen LogP contribution in [-0.4, -0.2) is 45.7 Å². The molecule has 110 valence electrons. The van der Waals surface area contributed by atoms with Gasteiger partial charge in [-0.3, -0.25) is 4.79 Å². The number of hydrogen-bond acceptors (Lipinski definition) is 4. The van der Waals surface area contributed by atoms with Crippen molar-refractivity contribution in [3.05, 3.63) is 34.2 Å². The van der Waals surface area contributed by atoms with Gasteiger partial charge in [-0.05, 0) is 6.07 Å². The quantitative estimate of drug-likeness (QED) is 0.887. The lowest BCUT2D eigenvalue weighted by Crippen LogP contribution is -2.40. The number of carboxylic acids is 1. The van der Waals surface area contributed by atoms with Gasteiger partial charge in [0.2, 0.25) is 0 Å². The largest absolute Gasteiger partial charge is 0.480 e. The Labute approximate surface area is 129 Å². The smallest absolute Gasteiger partial charge is 0.326 e. The van der Waals surface area contributed by atoms with Crippen LogP contribution in [0.3, 0.4) is 0 Å². The van der Waals surface area contributed by atoms with Gasteiger partial charge in [-0.2, -0.15) is 0 Å². The van der Waals surface area contributed by atoms with E-state index in [2.05, 4.69) is 0 Å². The zero-order valence-electron chi connectivity index (χ0n) is 10.8. The van der Waals surface area contributed by atoms with Crippen molar-refractivity contribution in [3.63, 3.8) is 0 Å². The molecule has 2 atom stereocenters. The third-order valence-electron chi connectivity index (χ3n) is 3.55. The molecule has 2 aromatic rings. The minimum Gasteiger partial charge on any atom is -0.480 e. The van der Waals surface area contributed by atoms with Gasteiger partial charge >= 0.3 is 5.97 Å². The van der Waals surface area contributed by atoms with E-state index in [0.29, 0.717) is 9.90 Å². The van der Waals surface area contributed by atoms with Crippen molar-refractivity contribution < 1.29 is 19.8 Å². The number of amides is 1. The summed E-state index contributed by atoms with van der Waals surface area (Å²) in [6.45, 7) is 0.0143. The molecule has 0 aliphatic carbocycles. The monoisotopic (exact) mass is 325 g/mol. The number of rotatable bonds is 2. The van der Waals surface area contributed by atoms with Crippen molar-refractivity contribution in [2.75, 3.05) is 6.54 Å². The van der Waals surface area contributed by atoms with Crippen LogP contribution in [-0.2, 0) is 4.79 Å². The Kier molecular flexibility index (Phi) is 3.61. The van der Waals surface area contributed by atoms with Gasteiger partial charge in [0.1, 0.15) is 10.9 Å². The van der Waals surface area contributed by atoms with Crippen molar-refractivity contribution >= 4 is 44.9 Å². The Morgan fingerprint density at radius 2 is 2.05 bits per heavy atom. The van der Waals surface area contributed by atoms with Gasteiger partial charge in [0.25, 0.3) is 5.91 Å². The highest BCUT2D eigenvalue weighted by Crippen LogP contribution is 2.37. The van der Waals surface area contributed by atoms with Crippen molar-refractivity contribution in [1.29, 1.82) is 0 Å². The van der Waals surface area contributed by atoms with Gasteiger partial charge < -0.3 is 15.1 Å². The van der Waals surface area contributed by atoms with Crippen LogP contribution in [0.2, 0.25) is 5.02 Å². The van der Waals surface area contributed by atoms with Crippen molar-refractivity contribution in [3.8, 4) is 0 Å². The van der Waals surface area contributed by atoms with E-state index in [4.69, 9.17) is 11.6 Å². The van der Waals surface area contributed by atoms with Gasteiger partial charge in [-0.25, -0.2) is 4.79 Å². The lowest BCUT2D eigenvalue weighted by Gasteiger charge is -2.20. The van der Waals surface area contributed by atoms with Gasteiger partial charge in [-0.15, -0.1) is 11.3 Å². The maximum atomic E-state index is 12.6. The SMILES string of the molecule is O=C(O)[C@@H]1CC(O)CN1C(=O)c1sc2ccccc2c1Cl. The van der Waals surface area contributed by atoms with E-state index in [1.54, 1.807) is 0 Å². The molecule has 2 N–H and O–H groups in total. The average Bonchev–Trinajstić information content (AvgIpc) is 3.00. The molecule has 0 bridgehead atoms. The highest BCUT2D eigenvalue weighted by molar-refractivity contribution is 7.21. The first-order valence-corrected chi connectivity index (χ1v) is 7.57. The summed E-state index contributed by atoms with van der Waals surface area (Å²) >= 11 is 7.48. The molecule has 2 heterocycles. The Hall–Kier alpha value is -1.63. The third kappa shape index (κ3) is 2.39. The Bertz CT molecular complexity index is 729. The minimum atomic E-state index is -1.11. The van der Waals surface area contributed by atoms with Crippen LogP contribution in [0.25, 0.3) is 10.1 Å². The second-order valence-corrected chi connectivity index (χ2v) is 6.37. The Morgan fingerprint density at radius 1 is 1.33 bits per heavy atom. The molecule has 21 heavy (non-hydrogen) atoms. The molecule has 1 aromatic heterocycles. The summed E-state index contributed by atoms with van der Waals surface area (Å²) in [7, 11) is 0. The summed E-state index contributed by atoms with van der Waals surface area (Å²) < 4.78 is 0.873. The van der Waals surface area contributed by atoms with Crippen molar-refractivity contribution in [1.82, 2.24) is 4.90 Å². The first-order valence-electron chi connectivity index (χ1n) is 6.38. The fraction of sp³-hybridized carbons (Fsp3) is 0.286. The zero-order valence-corrected chi connectivity index (χ0v) is 12.4. The minimum absolute atomic E-state index is 0.0143. The summed E-state index contributed by atoms with van der Waals surface area (Å²) in [4.78, 5) is 25.3. The first-order chi connectivity index (χ1) is 9.99. The number of carbonyl (C=O) groups is 2. The number of aliphatic hydroxyl groups excluding tert-OH is 1. The molecule has 1 unspecified atom stereocenters. The summed E-state index contributed by atoms with van der Waals surface area (Å²) in [5.74, 6) is -1.55. The predicted molar refractivity (Wildman–Crippen MR) is 79.9 cm³/mol. The first kappa shape index (κ1) is 14.3. The van der Waals surface area contributed by atoms with E-state index >= 15 is 0 Å². The van der Waals surface area contributed by atoms with Crippen LogP contribution >= 0.6 is 22.9 Å². The lowest BCUT2D eigenvalue weighted by atomic mass is 10.2. The maximum Gasteiger partial charge on any atom is 0.326 e. The topological polar surface area (TPSA) is 77.8 Å². The molecule has 1 amide bonds. The number of carboxylic acid groups (broad SMARTS) is 1. The van der Waals surface area contributed by atoms with E-state index < -0.39 is 24.0 Å². The molecule has 0 saturated carbocycles. The van der Waals surface area contributed by atoms with Gasteiger partial charge in [0.05, 0.1) is 11.1 Å². The summed E-state index contributed by atoms with van der Waals surface area (Å²) in [5.41, 5.74) is 0. The van der Waals surface area contributed by atoms with Crippen LogP contribution in [0, 0.1) is 0 Å². The highest BCUT2D eigenvalue weighted by Gasteiger charge is 2.40. The molecular formula is C14H12ClNO4S. The average molecular weight is 326 g/mol. The van der Waals surface area contributed by atoms with E-state index in [0.717, 1.165) is 10.1 Å². The molecule has 1 aliphatic rings. The number of likely N-dealkylation sites (tertiary alicyclic amines) is 1. The highest BCUT2D eigenvalue weighted by atomic mass is 35.5.